The molecule has 5 nitrogen and oxygen atoms in total. The molecule has 24 heavy (non-hydrogen) atoms. The fourth-order valence-corrected chi connectivity index (χ4v) is 2.69. The molecule has 1 aliphatic heterocycles. The Hall–Kier alpha value is -2.82. The summed E-state index contributed by atoms with van der Waals surface area (Å²) in [6, 6.07) is 16.6. The van der Waals surface area contributed by atoms with E-state index in [4.69, 9.17) is 4.74 Å². The maximum Gasteiger partial charge on any atom is 0.262 e. The Morgan fingerprint density at radius 2 is 1.92 bits per heavy atom. The minimum Gasteiger partial charge on any atom is -0.484 e. The average Bonchev–Trinajstić information content (AvgIpc) is 2.61. The van der Waals surface area contributed by atoms with Gasteiger partial charge in [0.25, 0.3) is 5.91 Å². The number of amides is 2. The Morgan fingerprint density at radius 3 is 2.71 bits per heavy atom. The van der Waals surface area contributed by atoms with E-state index in [9.17, 15) is 9.59 Å². The van der Waals surface area contributed by atoms with E-state index in [1.807, 2.05) is 36.4 Å². The predicted octanol–water partition coefficient (Wildman–Crippen LogP) is 3.22. The van der Waals surface area contributed by atoms with Gasteiger partial charge in [-0.25, -0.2) is 0 Å². The fraction of sp³-hybridized carbons (Fsp3) is 0.263. The summed E-state index contributed by atoms with van der Waals surface area (Å²) >= 11 is 0. The van der Waals surface area contributed by atoms with E-state index in [0.717, 1.165) is 25.1 Å². The lowest BCUT2D eigenvalue weighted by Gasteiger charge is -2.27. The molecular formula is C19H20N2O3. The highest BCUT2D eigenvalue weighted by atomic mass is 16.5. The molecule has 0 saturated carbocycles. The van der Waals surface area contributed by atoms with Crippen LogP contribution in [-0.4, -0.2) is 25.0 Å². The molecular weight excluding hydrogens is 304 g/mol. The first kappa shape index (κ1) is 16.1. The maximum absolute atomic E-state index is 12.0. The molecule has 0 aromatic heterocycles. The molecule has 5 heteroatoms. The highest BCUT2D eigenvalue weighted by molar-refractivity contribution is 5.96. The minimum absolute atomic E-state index is 0.0586. The second-order valence-electron chi connectivity index (χ2n) is 5.70. The number of nitrogens with zero attached hydrogens (tertiary/aromatic N) is 1. The van der Waals surface area contributed by atoms with Crippen molar-refractivity contribution < 1.29 is 14.3 Å². The smallest absolute Gasteiger partial charge is 0.262 e. The summed E-state index contributed by atoms with van der Waals surface area (Å²) in [6.07, 6.45) is 2.54. The van der Waals surface area contributed by atoms with Crippen LogP contribution in [0.2, 0.25) is 0 Å². The highest BCUT2D eigenvalue weighted by Gasteiger charge is 2.19. The summed E-state index contributed by atoms with van der Waals surface area (Å²) < 4.78 is 5.43. The zero-order valence-electron chi connectivity index (χ0n) is 13.4. The van der Waals surface area contributed by atoms with Crippen LogP contribution in [0, 0.1) is 0 Å². The molecule has 1 saturated heterocycles. The number of carbonyl (C=O) groups is 2. The van der Waals surface area contributed by atoms with Gasteiger partial charge in [0.1, 0.15) is 5.75 Å². The third-order valence-electron chi connectivity index (χ3n) is 3.88. The first-order chi connectivity index (χ1) is 11.7. The molecule has 1 aliphatic rings. The van der Waals surface area contributed by atoms with E-state index in [1.165, 1.54) is 0 Å². The van der Waals surface area contributed by atoms with Crippen molar-refractivity contribution in [2.24, 2.45) is 0 Å². The zero-order valence-corrected chi connectivity index (χ0v) is 13.4. The number of rotatable bonds is 5. The molecule has 0 aliphatic carbocycles. The quantitative estimate of drug-likeness (QED) is 0.918. The molecule has 0 unspecified atom stereocenters. The van der Waals surface area contributed by atoms with Crippen LogP contribution in [0.1, 0.15) is 19.3 Å². The number of anilines is 2. The Labute approximate surface area is 141 Å². The topological polar surface area (TPSA) is 58.6 Å². The number of hydrogen-bond acceptors (Lipinski definition) is 3. The third kappa shape index (κ3) is 4.13. The lowest BCUT2D eigenvalue weighted by atomic mass is 10.1. The van der Waals surface area contributed by atoms with Crippen LogP contribution in [0.25, 0.3) is 0 Å². The van der Waals surface area contributed by atoms with Gasteiger partial charge in [-0.05, 0) is 43.2 Å². The number of nitrogens with one attached hydrogen (secondary N) is 1. The molecule has 1 N–H and O–H groups in total. The molecule has 3 rings (SSSR count). The Balaban J connectivity index is 1.59. The first-order valence-electron chi connectivity index (χ1n) is 8.10. The summed E-state index contributed by atoms with van der Waals surface area (Å²) in [5.41, 5.74) is 1.48. The van der Waals surface area contributed by atoms with Crippen molar-refractivity contribution in [1.29, 1.82) is 0 Å². The van der Waals surface area contributed by atoms with Crippen molar-refractivity contribution in [1.82, 2.24) is 0 Å². The number of hydrogen-bond donors (Lipinski definition) is 1. The molecule has 2 amide bonds. The predicted molar refractivity (Wildman–Crippen MR) is 93.2 cm³/mol. The molecule has 0 atom stereocenters. The van der Waals surface area contributed by atoms with Crippen molar-refractivity contribution in [3.8, 4) is 5.75 Å². The molecule has 2 aromatic carbocycles. The first-order valence-corrected chi connectivity index (χ1v) is 8.10. The van der Waals surface area contributed by atoms with Gasteiger partial charge in [0.05, 0.1) is 0 Å². The maximum atomic E-state index is 12.0. The number of piperidine rings is 1. The van der Waals surface area contributed by atoms with Crippen molar-refractivity contribution in [2.75, 3.05) is 23.4 Å². The Morgan fingerprint density at radius 1 is 1.08 bits per heavy atom. The van der Waals surface area contributed by atoms with Gasteiger partial charge in [0, 0.05) is 24.3 Å². The van der Waals surface area contributed by atoms with Crippen LogP contribution < -0.4 is 15.0 Å². The largest absolute Gasteiger partial charge is 0.484 e. The molecule has 0 bridgehead atoms. The standard InChI is InChI=1S/C19H20N2O3/c22-18(14-24-17-9-2-1-3-10-17)20-15-7-6-8-16(13-15)21-12-5-4-11-19(21)23/h1-3,6-10,13H,4-5,11-12,14H2,(H,20,22). The summed E-state index contributed by atoms with van der Waals surface area (Å²) in [4.78, 5) is 25.8. The molecule has 124 valence electrons. The van der Waals surface area contributed by atoms with Gasteiger partial charge in [-0.1, -0.05) is 24.3 Å². The molecule has 1 fully saturated rings. The van der Waals surface area contributed by atoms with Crippen LogP contribution in [0.15, 0.2) is 54.6 Å². The lowest BCUT2D eigenvalue weighted by Crippen LogP contribution is -2.35. The van der Waals surface area contributed by atoms with Crippen LogP contribution in [0.4, 0.5) is 11.4 Å². The zero-order chi connectivity index (χ0) is 16.8. The summed E-state index contributed by atoms with van der Waals surface area (Å²) in [5, 5.41) is 2.80. The van der Waals surface area contributed by atoms with E-state index in [2.05, 4.69) is 5.32 Å². The fourth-order valence-electron chi connectivity index (χ4n) is 2.69. The summed E-state index contributed by atoms with van der Waals surface area (Å²) in [6.45, 7) is 0.671. The minimum atomic E-state index is -0.235. The lowest BCUT2D eigenvalue weighted by molar-refractivity contribution is -0.119. The van der Waals surface area contributed by atoms with Crippen molar-refractivity contribution in [3.63, 3.8) is 0 Å². The van der Waals surface area contributed by atoms with Crippen molar-refractivity contribution in [3.05, 3.63) is 54.6 Å². The second kappa shape index (κ2) is 7.64. The van der Waals surface area contributed by atoms with E-state index >= 15 is 0 Å². The summed E-state index contributed by atoms with van der Waals surface area (Å²) in [7, 11) is 0. The van der Waals surface area contributed by atoms with Gasteiger partial charge in [0.15, 0.2) is 6.61 Å². The van der Waals surface area contributed by atoms with Gasteiger partial charge in [0.2, 0.25) is 5.91 Å². The molecule has 2 aromatic rings. The van der Waals surface area contributed by atoms with Crippen LogP contribution in [0.3, 0.4) is 0 Å². The Kier molecular flexibility index (Phi) is 5.11. The number of benzene rings is 2. The van der Waals surface area contributed by atoms with Gasteiger partial charge in [-0.2, -0.15) is 0 Å². The van der Waals surface area contributed by atoms with E-state index < -0.39 is 0 Å². The summed E-state index contributed by atoms with van der Waals surface area (Å²) in [5.74, 6) is 0.554. The van der Waals surface area contributed by atoms with Crippen molar-refractivity contribution >= 4 is 23.2 Å². The van der Waals surface area contributed by atoms with Gasteiger partial charge in [-0.15, -0.1) is 0 Å². The molecule has 1 heterocycles. The normalized spacial score (nSPS) is 14.3. The highest BCUT2D eigenvalue weighted by Crippen LogP contribution is 2.23. The van der Waals surface area contributed by atoms with E-state index in [0.29, 0.717) is 17.9 Å². The van der Waals surface area contributed by atoms with Crippen molar-refractivity contribution in [2.45, 2.75) is 19.3 Å². The monoisotopic (exact) mass is 324 g/mol. The Bertz CT molecular complexity index is 716. The second-order valence-corrected chi connectivity index (χ2v) is 5.70. The molecule has 0 radical (unpaired) electrons. The van der Waals surface area contributed by atoms with Crippen LogP contribution in [0.5, 0.6) is 5.75 Å². The van der Waals surface area contributed by atoms with Crippen LogP contribution in [-0.2, 0) is 9.59 Å². The van der Waals surface area contributed by atoms with E-state index in [-0.39, 0.29) is 18.4 Å². The van der Waals surface area contributed by atoms with Gasteiger partial charge >= 0.3 is 0 Å². The average molecular weight is 324 g/mol. The van der Waals surface area contributed by atoms with Gasteiger partial charge in [-0.3, -0.25) is 9.59 Å². The van der Waals surface area contributed by atoms with Crippen LogP contribution >= 0.6 is 0 Å². The van der Waals surface area contributed by atoms with Gasteiger partial charge < -0.3 is 15.0 Å². The molecule has 0 spiro atoms. The SMILES string of the molecule is O=C(COc1ccccc1)Nc1cccc(N2CCCCC2=O)c1. The third-order valence-corrected chi connectivity index (χ3v) is 3.88. The number of para-hydroxylation sites is 1. The number of ether oxygens (including phenoxy) is 1. The number of carbonyl (C=O) groups excluding carboxylic acids is 2. The van der Waals surface area contributed by atoms with E-state index in [1.54, 1.807) is 23.1 Å².